The van der Waals surface area contributed by atoms with Gasteiger partial charge in [0.2, 0.25) is 6.08 Å². The predicted molar refractivity (Wildman–Crippen MR) is 155 cm³/mol. The molecule has 5 rings (SSSR count). The molecule has 41 heavy (non-hydrogen) atoms. The minimum absolute atomic E-state index is 0.0181. The van der Waals surface area contributed by atoms with Crippen LogP contribution in [0.1, 0.15) is 58.8 Å². The van der Waals surface area contributed by atoms with Crippen LogP contribution in [0.3, 0.4) is 0 Å². The van der Waals surface area contributed by atoms with Gasteiger partial charge in [0.25, 0.3) is 15.9 Å². The molecule has 1 atom stereocenters. The first-order valence-electron chi connectivity index (χ1n) is 13.3. The maximum absolute atomic E-state index is 13.0. The van der Waals surface area contributed by atoms with Crippen molar-refractivity contribution in [2.24, 2.45) is 12.0 Å². The normalized spacial score (nSPS) is 14.4. The highest BCUT2D eigenvalue weighted by Crippen LogP contribution is 2.39. The lowest BCUT2D eigenvalue weighted by Crippen LogP contribution is -2.31. The molecule has 1 heterocycles. The number of hydrogen-bond donors (Lipinski definition) is 1. The smallest absolute Gasteiger partial charge is 0.265 e. The molecule has 212 valence electrons. The number of amides is 1. The number of fused-ring (bicyclic) bond motifs is 1. The van der Waals surface area contributed by atoms with Gasteiger partial charge < -0.3 is 14.0 Å². The third kappa shape index (κ3) is 5.75. The van der Waals surface area contributed by atoms with E-state index >= 15 is 0 Å². The number of carbonyl (C=O) groups is 1. The molecule has 0 aliphatic heterocycles. The van der Waals surface area contributed by atoms with Gasteiger partial charge >= 0.3 is 0 Å². The molecule has 1 saturated carbocycles. The van der Waals surface area contributed by atoms with Gasteiger partial charge in [0.05, 0.1) is 18.1 Å². The van der Waals surface area contributed by atoms with Gasteiger partial charge in [-0.3, -0.25) is 4.79 Å². The Morgan fingerprint density at radius 3 is 2.54 bits per heavy atom. The molecule has 1 aliphatic rings. The Balaban J connectivity index is 1.49. The zero-order chi connectivity index (χ0) is 29.1. The number of nitrogens with one attached hydrogen (secondary N) is 1. The summed E-state index contributed by atoms with van der Waals surface area (Å²) in [5.74, 6) is 0.206. The van der Waals surface area contributed by atoms with Crippen molar-refractivity contribution in [2.75, 3.05) is 7.11 Å². The van der Waals surface area contributed by atoms with Gasteiger partial charge in [-0.2, -0.15) is 4.99 Å². The van der Waals surface area contributed by atoms with Gasteiger partial charge in [0.1, 0.15) is 17.5 Å². The van der Waals surface area contributed by atoms with Crippen molar-refractivity contribution >= 4 is 32.9 Å². The van der Waals surface area contributed by atoms with E-state index in [9.17, 15) is 18.0 Å². The van der Waals surface area contributed by atoms with E-state index < -0.39 is 22.0 Å². The second-order valence-electron chi connectivity index (χ2n) is 10.2. The average Bonchev–Trinajstić information content (AvgIpc) is 3.58. The van der Waals surface area contributed by atoms with E-state index in [4.69, 9.17) is 9.47 Å². The Labute approximate surface area is 238 Å². The Kier molecular flexibility index (Phi) is 7.97. The minimum atomic E-state index is -4.10. The fourth-order valence-electron chi connectivity index (χ4n) is 5.42. The number of methoxy groups -OCH3 is 1. The maximum atomic E-state index is 13.0. The standard InChI is InChI=1S/C31H31N3O6S/c1-20-8-4-7-11-29(20)41(37,38)33-31(36)21-12-14-24(28(16-21)39-3)30(32-19-35)26-18-34(2)27-15-13-23(17-25(26)27)40-22-9-5-6-10-22/h4,7-8,11-18,22,30H,5-6,9-10H2,1-3H3,(H,33,36). The highest BCUT2D eigenvalue weighted by molar-refractivity contribution is 7.90. The predicted octanol–water partition coefficient (Wildman–Crippen LogP) is 5.36. The molecule has 1 fully saturated rings. The molecule has 0 spiro atoms. The highest BCUT2D eigenvalue weighted by Gasteiger charge is 2.26. The fourth-order valence-corrected chi connectivity index (χ4v) is 6.64. The largest absolute Gasteiger partial charge is 0.496 e. The second kappa shape index (κ2) is 11.6. The number of ether oxygens (including phenoxy) is 2. The van der Waals surface area contributed by atoms with Gasteiger partial charge in [-0.15, -0.1) is 0 Å². The van der Waals surface area contributed by atoms with E-state index in [1.807, 2.05) is 36.0 Å². The van der Waals surface area contributed by atoms with Crippen molar-refractivity contribution in [1.29, 1.82) is 0 Å². The SMILES string of the molecule is COc1cc(C(=O)NS(=O)(=O)c2ccccc2C)ccc1C(N=C=O)c1cn(C)c2ccc(OC3CCCC3)cc12. The lowest BCUT2D eigenvalue weighted by Gasteiger charge is -2.17. The molecule has 1 unspecified atom stereocenters. The van der Waals surface area contributed by atoms with E-state index in [-0.39, 0.29) is 22.3 Å². The lowest BCUT2D eigenvalue weighted by molar-refractivity contribution is 0.0981. The van der Waals surface area contributed by atoms with Crippen LogP contribution in [0.4, 0.5) is 0 Å². The van der Waals surface area contributed by atoms with Crippen molar-refractivity contribution in [3.63, 3.8) is 0 Å². The summed E-state index contributed by atoms with van der Waals surface area (Å²) in [4.78, 5) is 28.7. The fraction of sp³-hybridized carbons (Fsp3) is 0.290. The average molecular weight is 574 g/mol. The van der Waals surface area contributed by atoms with Crippen LogP contribution in [-0.4, -0.2) is 38.2 Å². The molecule has 9 nitrogen and oxygen atoms in total. The summed E-state index contributed by atoms with van der Waals surface area (Å²) in [5, 5.41) is 0.861. The van der Waals surface area contributed by atoms with Crippen LogP contribution in [0.2, 0.25) is 0 Å². The van der Waals surface area contributed by atoms with E-state index in [0.717, 1.165) is 47.9 Å². The Hall–Kier alpha value is -4.40. The van der Waals surface area contributed by atoms with E-state index in [2.05, 4.69) is 9.71 Å². The third-order valence-corrected chi connectivity index (χ3v) is 8.96. The number of rotatable bonds is 9. The molecule has 4 aromatic rings. The van der Waals surface area contributed by atoms with Crippen LogP contribution >= 0.6 is 0 Å². The minimum Gasteiger partial charge on any atom is -0.496 e. The first kappa shape index (κ1) is 28.1. The van der Waals surface area contributed by atoms with Crippen LogP contribution in [-0.2, 0) is 21.9 Å². The number of isocyanates is 1. The van der Waals surface area contributed by atoms with E-state index in [1.165, 1.54) is 25.3 Å². The molecular formula is C31H31N3O6S. The summed E-state index contributed by atoms with van der Waals surface area (Å²) in [6.07, 6.45) is 8.13. The molecule has 1 N–H and O–H groups in total. The third-order valence-electron chi connectivity index (χ3n) is 7.47. The number of carbonyl (C=O) groups excluding carboxylic acids is 2. The van der Waals surface area contributed by atoms with Crippen molar-refractivity contribution in [1.82, 2.24) is 9.29 Å². The number of aliphatic imine (C=N–C) groups is 1. The van der Waals surface area contributed by atoms with Crippen LogP contribution in [0.5, 0.6) is 11.5 Å². The summed E-state index contributed by atoms with van der Waals surface area (Å²) in [5.41, 5.74) is 2.77. The molecule has 10 heteroatoms. The molecule has 1 aromatic heterocycles. The summed E-state index contributed by atoms with van der Waals surface area (Å²) >= 11 is 0. The van der Waals surface area contributed by atoms with Gasteiger partial charge in [0, 0.05) is 40.8 Å². The lowest BCUT2D eigenvalue weighted by atomic mass is 9.96. The topological polar surface area (TPSA) is 116 Å². The summed E-state index contributed by atoms with van der Waals surface area (Å²) in [7, 11) is -0.755. The summed E-state index contributed by atoms with van der Waals surface area (Å²) in [6, 6.07) is 16.0. The van der Waals surface area contributed by atoms with Crippen LogP contribution in [0.15, 0.2) is 76.7 Å². The monoisotopic (exact) mass is 573 g/mol. The van der Waals surface area contributed by atoms with Crippen LogP contribution in [0.25, 0.3) is 10.9 Å². The van der Waals surface area contributed by atoms with E-state index in [1.54, 1.807) is 37.3 Å². The number of aromatic nitrogens is 1. The number of sulfonamides is 1. The second-order valence-corrected chi connectivity index (χ2v) is 11.8. The summed E-state index contributed by atoms with van der Waals surface area (Å²) in [6.45, 7) is 1.65. The maximum Gasteiger partial charge on any atom is 0.265 e. The van der Waals surface area contributed by atoms with Crippen molar-refractivity contribution in [2.45, 2.75) is 49.6 Å². The first-order valence-corrected chi connectivity index (χ1v) is 14.8. The number of hydrogen-bond acceptors (Lipinski definition) is 7. The summed E-state index contributed by atoms with van der Waals surface area (Å²) < 4.78 is 41.6. The van der Waals surface area contributed by atoms with Gasteiger partial charge in [-0.25, -0.2) is 17.9 Å². The van der Waals surface area contributed by atoms with Crippen molar-refractivity contribution in [3.05, 3.63) is 89.1 Å². The molecule has 1 aliphatic carbocycles. The zero-order valence-corrected chi connectivity index (χ0v) is 23.9. The molecule has 3 aromatic carbocycles. The van der Waals surface area contributed by atoms with Gasteiger partial charge in [-0.1, -0.05) is 24.3 Å². The molecule has 0 saturated heterocycles. The Morgan fingerprint density at radius 1 is 1.07 bits per heavy atom. The molecule has 0 radical (unpaired) electrons. The number of aryl methyl sites for hydroxylation is 2. The highest BCUT2D eigenvalue weighted by atomic mass is 32.2. The number of benzene rings is 3. The van der Waals surface area contributed by atoms with Crippen molar-refractivity contribution in [3.8, 4) is 11.5 Å². The van der Waals surface area contributed by atoms with Gasteiger partial charge in [0.15, 0.2) is 0 Å². The van der Waals surface area contributed by atoms with E-state index in [0.29, 0.717) is 11.1 Å². The Bertz CT molecular complexity index is 1770. The van der Waals surface area contributed by atoms with Crippen LogP contribution < -0.4 is 14.2 Å². The zero-order valence-electron chi connectivity index (χ0n) is 23.1. The van der Waals surface area contributed by atoms with Crippen LogP contribution in [0, 0.1) is 6.92 Å². The van der Waals surface area contributed by atoms with Crippen molar-refractivity contribution < 1.29 is 27.5 Å². The quantitative estimate of drug-likeness (QED) is 0.213. The van der Waals surface area contributed by atoms with Gasteiger partial charge in [-0.05, 0) is 74.6 Å². The Morgan fingerprint density at radius 2 is 1.83 bits per heavy atom. The molecular weight excluding hydrogens is 542 g/mol. The number of nitrogens with zero attached hydrogens (tertiary/aromatic N) is 2. The molecule has 0 bridgehead atoms. The molecule has 1 amide bonds. The first-order chi connectivity index (χ1) is 19.7.